The molecule has 24 heavy (non-hydrogen) atoms. The SMILES string of the molecule is CCN(c1ccccc1)c1nncc(Nc2cccc(Cl)c2C)n1. The first-order valence-electron chi connectivity index (χ1n) is 7.73. The highest BCUT2D eigenvalue weighted by molar-refractivity contribution is 6.31. The number of benzene rings is 2. The third-order valence-corrected chi connectivity index (χ3v) is 4.11. The quantitative estimate of drug-likeness (QED) is 0.728. The van der Waals surface area contributed by atoms with Crippen LogP contribution >= 0.6 is 11.6 Å². The van der Waals surface area contributed by atoms with Crippen molar-refractivity contribution in [2.24, 2.45) is 0 Å². The van der Waals surface area contributed by atoms with Crippen molar-refractivity contribution in [2.75, 3.05) is 16.8 Å². The van der Waals surface area contributed by atoms with Gasteiger partial charge in [0.1, 0.15) is 0 Å². The Bertz CT molecular complexity index is 823. The molecule has 0 aliphatic carbocycles. The monoisotopic (exact) mass is 339 g/mol. The maximum Gasteiger partial charge on any atom is 0.251 e. The Morgan fingerprint density at radius 3 is 2.62 bits per heavy atom. The average Bonchev–Trinajstić information content (AvgIpc) is 2.61. The van der Waals surface area contributed by atoms with Gasteiger partial charge in [0.25, 0.3) is 5.95 Å². The Morgan fingerprint density at radius 1 is 1.08 bits per heavy atom. The summed E-state index contributed by atoms with van der Waals surface area (Å²) in [6.45, 7) is 4.76. The summed E-state index contributed by atoms with van der Waals surface area (Å²) in [5.41, 5.74) is 2.89. The van der Waals surface area contributed by atoms with Crippen LogP contribution in [0.2, 0.25) is 5.02 Å². The van der Waals surface area contributed by atoms with Gasteiger partial charge in [0.2, 0.25) is 0 Å². The van der Waals surface area contributed by atoms with Crippen LogP contribution in [0.5, 0.6) is 0 Å². The fourth-order valence-electron chi connectivity index (χ4n) is 2.40. The molecule has 0 radical (unpaired) electrons. The van der Waals surface area contributed by atoms with Gasteiger partial charge in [0, 0.05) is 22.9 Å². The van der Waals surface area contributed by atoms with E-state index in [1.54, 1.807) is 6.20 Å². The van der Waals surface area contributed by atoms with Crippen molar-refractivity contribution in [1.29, 1.82) is 0 Å². The van der Waals surface area contributed by atoms with E-state index in [9.17, 15) is 0 Å². The summed E-state index contributed by atoms with van der Waals surface area (Å²) in [7, 11) is 0. The molecule has 0 saturated carbocycles. The summed E-state index contributed by atoms with van der Waals surface area (Å²) in [6.07, 6.45) is 1.60. The topological polar surface area (TPSA) is 53.9 Å². The zero-order valence-electron chi connectivity index (χ0n) is 13.6. The van der Waals surface area contributed by atoms with Gasteiger partial charge in [0.15, 0.2) is 5.82 Å². The summed E-state index contributed by atoms with van der Waals surface area (Å²) in [5.74, 6) is 1.17. The van der Waals surface area contributed by atoms with E-state index in [0.717, 1.165) is 23.5 Å². The molecule has 0 amide bonds. The predicted molar refractivity (Wildman–Crippen MR) is 98.4 cm³/mol. The van der Waals surface area contributed by atoms with Crippen molar-refractivity contribution in [3.05, 3.63) is 65.3 Å². The molecule has 0 saturated heterocycles. The van der Waals surface area contributed by atoms with Gasteiger partial charge < -0.3 is 10.2 Å². The number of hydrogen-bond acceptors (Lipinski definition) is 5. The maximum absolute atomic E-state index is 6.17. The van der Waals surface area contributed by atoms with Crippen LogP contribution < -0.4 is 10.2 Å². The number of nitrogens with one attached hydrogen (secondary N) is 1. The van der Waals surface area contributed by atoms with Crippen LogP contribution in [-0.2, 0) is 0 Å². The van der Waals surface area contributed by atoms with Gasteiger partial charge in [0.05, 0.1) is 6.20 Å². The van der Waals surface area contributed by atoms with Crippen LogP contribution in [0.3, 0.4) is 0 Å². The lowest BCUT2D eigenvalue weighted by Gasteiger charge is -2.20. The summed E-state index contributed by atoms with van der Waals surface area (Å²) in [4.78, 5) is 6.59. The van der Waals surface area contributed by atoms with Crippen molar-refractivity contribution < 1.29 is 0 Å². The van der Waals surface area contributed by atoms with Gasteiger partial charge in [-0.15, -0.1) is 5.10 Å². The lowest BCUT2D eigenvalue weighted by Crippen LogP contribution is -2.19. The Balaban J connectivity index is 1.90. The lowest BCUT2D eigenvalue weighted by atomic mass is 10.2. The Labute approximate surface area is 146 Å². The van der Waals surface area contributed by atoms with Crippen LogP contribution in [-0.4, -0.2) is 21.7 Å². The molecule has 1 N–H and O–H groups in total. The molecule has 0 aliphatic heterocycles. The lowest BCUT2D eigenvalue weighted by molar-refractivity contribution is 0.887. The zero-order chi connectivity index (χ0) is 16.9. The van der Waals surface area contributed by atoms with Gasteiger partial charge in [-0.05, 0) is 43.7 Å². The first-order valence-corrected chi connectivity index (χ1v) is 8.11. The summed E-state index contributed by atoms with van der Waals surface area (Å²) in [6, 6.07) is 15.7. The number of hydrogen-bond donors (Lipinski definition) is 1. The molecule has 0 fully saturated rings. The van der Waals surface area contributed by atoms with Gasteiger partial charge in [-0.25, -0.2) is 0 Å². The minimum absolute atomic E-state index is 0.549. The molecule has 3 aromatic rings. The largest absolute Gasteiger partial charge is 0.339 e. The van der Waals surface area contributed by atoms with E-state index in [4.69, 9.17) is 11.6 Å². The maximum atomic E-state index is 6.17. The summed E-state index contributed by atoms with van der Waals surface area (Å²) < 4.78 is 0. The minimum Gasteiger partial charge on any atom is -0.339 e. The van der Waals surface area contributed by atoms with Crippen molar-refractivity contribution in [3.8, 4) is 0 Å². The molecule has 5 nitrogen and oxygen atoms in total. The normalized spacial score (nSPS) is 10.5. The highest BCUT2D eigenvalue weighted by Crippen LogP contribution is 2.26. The Morgan fingerprint density at radius 2 is 1.88 bits per heavy atom. The van der Waals surface area contributed by atoms with Crippen LogP contribution in [0, 0.1) is 6.92 Å². The third kappa shape index (κ3) is 3.46. The molecular weight excluding hydrogens is 322 g/mol. The molecule has 0 unspecified atom stereocenters. The molecule has 1 aromatic heterocycles. The third-order valence-electron chi connectivity index (χ3n) is 3.70. The Hall–Kier alpha value is -2.66. The number of anilines is 4. The van der Waals surface area contributed by atoms with E-state index in [0.29, 0.717) is 16.8 Å². The molecule has 1 heterocycles. The molecule has 3 rings (SSSR count). The van der Waals surface area contributed by atoms with E-state index in [1.807, 2.05) is 60.4 Å². The predicted octanol–water partition coefficient (Wildman–Crippen LogP) is 4.74. The van der Waals surface area contributed by atoms with E-state index in [2.05, 4.69) is 27.4 Å². The molecule has 0 atom stereocenters. The van der Waals surface area contributed by atoms with Crippen molar-refractivity contribution in [3.63, 3.8) is 0 Å². The zero-order valence-corrected chi connectivity index (χ0v) is 14.3. The van der Waals surface area contributed by atoms with E-state index < -0.39 is 0 Å². The van der Waals surface area contributed by atoms with Gasteiger partial charge in [-0.1, -0.05) is 35.9 Å². The van der Waals surface area contributed by atoms with E-state index in [-0.39, 0.29) is 0 Å². The standard InChI is InChI=1S/C18H18ClN5/c1-3-24(14-8-5-4-6-9-14)18-22-17(12-20-23-18)21-16-11-7-10-15(19)13(16)2/h4-12H,3H2,1-2H3,(H,21,22,23). The molecule has 0 spiro atoms. The smallest absolute Gasteiger partial charge is 0.251 e. The van der Waals surface area contributed by atoms with Crippen LogP contribution in [0.15, 0.2) is 54.7 Å². The van der Waals surface area contributed by atoms with Crippen molar-refractivity contribution in [2.45, 2.75) is 13.8 Å². The van der Waals surface area contributed by atoms with Crippen LogP contribution in [0.1, 0.15) is 12.5 Å². The van der Waals surface area contributed by atoms with Crippen molar-refractivity contribution in [1.82, 2.24) is 15.2 Å². The Kier molecular flexibility index (Phi) is 4.91. The minimum atomic E-state index is 0.549. The number of halogens is 1. The molecule has 2 aromatic carbocycles. The molecule has 122 valence electrons. The summed E-state index contributed by atoms with van der Waals surface area (Å²) in [5, 5.41) is 12.2. The molecule has 0 bridgehead atoms. The molecule has 0 aliphatic rings. The molecular formula is C18H18ClN5. The fourth-order valence-corrected chi connectivity index (χ4v) is 2.57. The number of aromatic nitrogens is 3. The molecule has 6 heteroatoms. The van der Waals surface area contributed by atoms with Gasteiger partial charge in [-0.2, -0.15) is 10.1 Å². The van der Waals surface area contributed by atoms with Crippen LogP contribution in [0.4, 0.5) is 23.1 Å². The summed E-state index contributed by atoms with van der Waals surface area (Å²) >= 11 is 6.17. The second-order valence-corrected chi connectivity index (χ2v) is 5.67. The second-order valence-electron chi connectivity index (χ2n) is 5.26. The van der Waals surface area contributed by atoms with Crippen LogP contribution in [0.25, 0.3) is 0 Å². The van der Waals surface area contributed by atoms with Gasteiger partial charge >= 0.3 is 0 Å². The average molecular weight is 340 g/mol. The first kappa shape index (κ1) is 16.2. The fraction of sp³-hybridized carbons (Fsp3) is 0.167. The number of rotatable bonds is 5. The highest BCUT2D eigenvalue weighted by Gasteiger charge is 2.12. The second kappa shape index (κ2) is 7.27. The highest BCUT2D eigenvalue weighted by atomic mass is 35.5. The van der Waals surface area contributed by atoms with E-state index in [1.165, 1.54) is 0 Å². The van der Waals surface area contributed by atoms with Gasteiger partial charge in [-0.3, -0.25) is 0 Å². The number of nitrogens with zero attached hydrogens (tertiary/aromatic N) is 4. The van der Waals surface area contributed by atoms with E-state index >= 15 is 0 Å². The number of para-hydroxylation sites is 1. The first-order chi connectivity index (χ1) is 11.7. The van der Waals surface area contributed by atoms with Crippen molar-refractivity contribution >= 4 is 34.7 Å².